The first-order valence-corrected chi connectivity index (χ1v) is 8.27. The van der Waals surface area contributed by atoms with Crippen molar-refractivity contribution in [2.75, 3.05) is 26.2 Å². The quantitative estimate of drug-likeness (QED) is 0.866. The smallest absolute Gasteiger partial charge is 0.317 e. The minimum atomic E-state index is 0.0666. The highest BCUT2D eigenvalue weighted by Crippen LogP contribution is 2.40. The van der Waals surface area contributed by atoms with Crippen LogP contribution >= 0.6 is 0 Å². The zero-order chi connectivity index (χ0) is 15.9. The van der Waals surface area contributed by atoms with E-state index in [1.165, 1.54) is 11.1 Å². The summed E-state index contributed by atoms with van der Waals surface area (Å²) in [5, 5.41) is 3.02. The number of benzene rings is 1. The molecule has 4 nitrogen and oxygen atoms in total. The van der Waals surface area contributed by atoms with Crippen LogP contribution in [0, 0.1) is 0 Å². The monoisotopic (exact) mass is 301 g/mol. The van der Waals surface area contributed by atoms with Crippen LogP contribution in [-0.4, -0.2) is 48.1 Å². The van der Waals surface area contributed by atoms with Gasteiger partial charge in [-0.2, -0.15) is 0 Å². The third-order valence-corrected chi connectivity index (χ3v) is 4.84. The zero-order valence-electron chi connectivity index (χ0n) is 14.1. The van der Waals surface area contributed by atoms with Crippen molar-refractivity contribution in [2.24, 2.45) is 0 Å². The first-order valence-electron chi connectivity index (χ1n) is 8.27. The number of piperazine rings is 1. The van der Waals surface area contributed by atoms with Crippen molar-refractivity contribution >= 4 is 6.03 Å². The van der Waals surface area contributed by atoms with E-state index in [0.29, 0.717) is 6.04 Å². The van der Waals surface area contributed by atoms with E-state index in [-0.39, 0.29) is 17.5 Å². The molecule has 1 fully saturated rings. The van der Waals surface area contributed by atoms with E-state index in [1.54, 1.807) is 0 Å². The van der Waals surface area contributed by atoms with Crippen LogP contribution in [0.3, 0.4) is 0 Å². The van der Waals surface area contributed by atoms with E-state index in [0.717, 1.165) is 26.2 Å². The number of nitrogens with one attached hydrogen (secondary N) is 1. The predicted octanol–water partition coefficient (Wildman–Crippen LogP) is 2.75. The molecule has 2 amide bonds. The summed E-state index contributed by atoms with van der Waals surface area (Å²) in [6.45, 7) is 12.3. The molecule has 1 aromatic rings. The number of fused-ring (bicyclic) bond motifs is 3. The molecule has 1 saturated heterocycles. The third-order valence-electron chi connectivity index (χ3n) is 4.84. The summed E-state index contributed by atoms with van der Waals surface area (Å²) in [5.74, 6) is 0. The summed E-state index contributed by atoms with van der Waals surface area (Å²) in [6, 6.07) is 9.31. The molecule has 0 bridgehead atoms. The van der Waals surface area contributed by atoms with Gasteiger partial charge in [-0.1, -0.05) is 38.1 Å². The lowest BCUT2D eigenvalue weighted by atomic mass is 9.75. The molecule has 0 radical (unpaired) electrons. The Labute approximate surface area is 133 Å². The second-order valence-electron chi connectivity index (χ2n) is 7.51. The number of urea groups is 1. The third kappa shape index (κ3) is 2.72. The van der Waals surface area contributed by atoms with Gasteiger partial charge in [0, 0.05) is 37.6 Å². The molecular formula is C18H27N3O. The molecule has 1 atom stereocenters. The van der Waals surface area contributed by atoms with Gasteiger partial charge in [0.05, 0.1) is 6.04 Å². The van der Waals surface area contributed by atoms with E-state index < -0.39 is 0 Å². The van der Waals surface area contributed by atoms with Crippen LogP contribution in [0.15, 0.2) is 24.3 Å². The Hall–Kier alpha value is -1.55. The van der Waals surface area contributed by atoms with E-state index in [1.807, 2.05) is 18.7 Å². The fourth-order valence-electron chi connectivity index (χ4n) is 3.82. The van der Waals surface area contributed by atoms with Crippen LogP contribution in [0.5, 0.6) is 0 Å². The summed E-state index contributed by atoms with van der Waals surface area (Å²) >= 11 is 0. The van der Waals surface area contributed by atoms with Crippen LogP contribution in [0.2, 0.25) is 0 Å². The minimum Gasteiger partial charge on any atom is -0.336 e. The summed E-state index contributed by atoms with van der Waals surface area (Å²) in [4.78, 5) is 16.8. The first-order chi connectivity index (χ1) is 10.4. The van der Waals surface area contributed by atoms with Gasteiger partial charge in [-0.15, -0.1) is 0 Å². The molecule has 1 N–H and O–H groups in total. The molecule has 2 heterocycles. The van der Waals surface area contributed by atoms with Crippen molar-refractivity contribution in [1.29, 1.82) is 0 Å². The Kier molecular flexibility index (Phi) is 3.89. The number of carbonyl (C=O) groups excluding carboxylic acids is 1. The fourth-order valence-corrected chi connectivity index (χ4v) is 3.82. The number of amides is 2. The Morgan fingerprint density at radius 1 is 1.27 bits per heavy atom. The lowest BCUT2D eigenvalue weighted by molar-refractivity contribution is 0.0608. The summed E-state index contributed by atoms with van der Waals surface area (Å²) < 4.78 is 0. The zero-order valence-corrected chi connectivity index (χ0v) is 14.1. The Morgan fingerprint density at radius 3 is 2.73 bits per heavy atom. The van der Waals surface area contributed by atoms with Gasteiger partial charge in [0.15, 0.2) is 0 Å². The maximum Gasteiger partial charge on any atom is 0.317 e. The van der Waals surface area contributed by atoms with Crippen molar-refractivity contribution < 1.29 is 4.79 Å². The van der Waals surface area contributed by atoms with Gasteiger partial charge < -0.3 is 10.2 Å². The van der Waals surface area contributed by atoms with Crippen LogP contribution in [0.4, 0.5) is 4.79 Å². The first kappa shape index (κ1) is 15.3. The van der Waals surface area contributed by atoms with Gasteiger partial charge in [-0.05, 0) is 25.0 Å². The molecule has 4 heteroatoms. The molecule has 3 rings (SSSR count). The molecule has 1 unspecified atom stereocenters. The molecule has 0 saturated carbocycles. The lowest BCUT2D eigenvalue weighted by Gasteiger charge is -2.50. The number of hydrogen-bond donors (Lipinski definition) is 1. The lowest BCUT2D eigenvalue weighted by Crippen LogP contribution is -2.57. The number of carbonyl (C=O) groups is 1. The fraction of sp³-hybridized carbons (Fsp3) is 0.611. The van der Waals surface area contributed by atoms with Gasteiger partial charge >= 0.3 is 6.03 Å². The molecule has 2 aliphatic rings. The van der Waals surface area contributed by atoms with Crippen molar-refractivity contribution in [3.8, 4) is 0 Å². The molecule has 0 aliphatic carbocycles. The van der Waals surface area contributed by atoms with E-state index in [9.17, 15) is 4.79 Å². The maximum atomic E-state index is 12.3. The van der Waals surface area contributed by atoms with Gasteiger partial charge in [0.25, 0.3) is 0 Å². The van der Waals surface area contributed by atoms with Gasteiger partial charge in [0.1, 0.15) is 0 Å². The van der Waals surface area contributed by atoms with E-state index >= 15 is 0 Å². The highest BCUT2D eigenvalue weighted by molar-refractivity contribution is 5.74. The highest BCUT2D eigenvalue weighted by Gasteiger charge is 2.40. The molecule has 1 aromatic carbocycles. The maximum absolute atomic E-state index is 12.3. The SMILES string of the molecule is CC(C)NC(=O)N1CCN2CC(C)(C)c3ccccc3C2C1. The van der Waals surface area contributed by atoms with Crippen molar-refractivity contribution in [2.45, 2.75) is 45.2 Å². The van der Waals surface area contributed by atoms with Crippen LogP contribution in [0.25, 0.3) is 0 Å². The van der Waals surface area contributed by atoms with Crippen LogP contribution < -0.4 is 5.32 Å². The Bertz CT molecular complexity index is 567. The summed E-state index contributed by atoms with van der Waals surface area (Å²) in [5.41, 5.74) is 3.00. The molecular weight excluding hydrogens is 274 g/mol. The van der Waals surface area contributed by atoms with Crippen LogP contribution in [-0.2, 0) is 5.41 Å². The second-order valence-corrected chi connectivity index (χ2v) is 7.51. The average Bonchev–Trinajstić information content (AvgIpc) is 2.46. The van der Waals surface area contributed by atoms with Gasteiger partial charge in [-0.25, -0.2) is 4.79 Å². The second kappa shape index (κ2) is 5.58. The highest BCUT2D eigenvalue weighted by atomic mass is 16.2. The minimum absolute atomic E-state index is 0.0666. The predicted molar refractivity (Wildman–Crippen MR) is 89.0 cm³/mol. The van der Waals surface area contributed by atoms with Crippen molar-refractivity contribution in [1.82, 2.24) is 15.1 Å². The molecule has 0 aromatic heterocycles. The summed E-state index contributed by atoms with van der Waals surface area (Å²) in [6.07, 6.45) is 0. The standard InChI is InChI=1S/C18H27N3O/c1-13(2)19-17(22)20-9-10-21-12-18(3,4)15-8-6-5-7-14(15)16(21)11-20/h5-8,13,16H,9-12H2,1-4H3,(H,19,22). The Morgan fingerprint density at radius 2 is 2.00 bits per heavy atom. The number of rotatable bonds is 1. The average molecular weight is 301 g/mol. The normalized spacial score (nSPS) is 23.9. The van der Waals surface area contributed by atoms with Crippen molar-refractivity contribution in [3.05, 3.63) is 35.4 Å². The van der Waals surface area contributed by atoms with Gasteiger partial charge in [0.2, 0.25) is 0 Å². The van der Waals surface area contributed by atoms with E-state index in [4.69, 9.17) is 0 Å². The largest absolute Gasteiger partial charge is 0.336 e. The summed E-state index contributed by atoms with van der Waals surface area (Å²) in [7, 11) is 0. The van der Waals surface area contributed by atoms with Crippen LogP contribution in [0.1, 0.15) is 44.9 Å². The number of hydrogen-bond acceptors (Lipinski definition) is 2. The Balaban J connectivity index is 1.85. The van der Waals surface area contributed by atoms with E-state index in [2.05, 4.69) is 48.3 Å². The molecule has 120 valence electrons. The molecule has 2 aliphatic heterocycles. The van der Waals surface area contributed by atoms with Crippen molar-refractivity contribution in [3.63, 3.8) is 0 Å². The molecule has 0 spiro atoms. The van der Waals surface area contributed by atoms with Gasteiger partial charge in [-0.3, -0.25) is 4.90 Å². The number of nitrogens with zero attached hydrogens (tertiary/aromatic N) is 2. The topological polar surface area (TPSA) is 35.6 Å². The molecule has 22 heavy (non-hydrogen) atoms.